The normalized spacial score (nSPS) is 28.4. The van der Waals surface area contributed by atoms with Gasteiger partial charge < -0.3 is 19.5 Å². The number of nitrogens with zero attached hydrogens (tertiary/aromatic N) is 1. The van der Waals surface area contributed by atoms with Crippen LogP contribution >= 0.6 is 0 Å². The lowest BCUT2D eigenvalue weighted by molar-refractivity contribution is 0.0488. The van der Waals surface area contributed by atoms with E-state index in [0.717, 1.165) is 50.1 Å². The van der Waals surface area contributed by atoms with Crippen LogP contribution in [0.3, 0.4) is 0 Å². The molecule has 136 valence electrons. The van der Waals surface area contributed by atoms with Gasteiger partial charge in [-0.3, -0.25) is 4.90 Å². The summed E-state index contributed by atoms with van der Waals surface area (Å²) in [5.74, 6) is 1.76. The minimum atomic E-state index is 0.145. The monoisotopic (exact) mass is 344 g/mol. The van der Waals surface area contributed by atoms with Crippen LogP contribution < -0.4 is 14.8 Å². The van der Waals surface area contributed by atoms with E-state index in [1.54, 1.807) is 0 Å². The number of ether oxygens (including phenoxy) is 3. The van der Waals surface area contributed by atoms with Crippen LogP contribution in [0, 0.1) is 0 Å². The van der Waals surface area contributed by atoms with E-state index in [9.17, 15) is 0 Å². The van der Waals surface area contributed by atoms with Crippen molar-refractivity contribution in [1.29, 1.82) is 0 Å². The lowest BCUT2D eigenvalue weighted by atomic mass is 9.74. The van der Waals surface area contributed by atoms with E-state index in [4.69, 9.17) is 14.2 Å². The minimum Gasteiger partial charge on any atom is -0.454 e. The summed E-state index contributed by atoms with van der Waals surface area (Å²) in [7, 11) is 0. The number of benzene rings is 1. The second kappa shape index (κ2) is 6.45. The van der Waals surface area contributed by atoms with Gasteiger partial charge in [0.25, 0.3) is 0 Å². The second-order valence-corrected chi connectivity index (χ2v) is 8.05. The molecule has 1 saturated carbocycles. The summed E-state index contributed by atoms with van der Waals surface area (Å²) in [5.41, 5.74) is 1.51. The van der Waals surface area contributed by atoms with Crippen LogP contribution in [-0.4, -0.2) is 56.6 Å². The Labute approximate surface area is 149 Å². The maximum Gasteiger partial charge on any atom is 0.231 e. The minimum absolute atomic E-state index is 0.145. The number of hydrogen-bond donors (Lipinski definition) is 1. The molecule has 1 aromatic carbocycles. The van der Waals surface area contributed by atoms with E-state index in [-0.39, 0.29) is 5.41 Å². The molecule has 5 nitrogen and oxygen atoms in total. The molecule has 5 heteroatoms. The largest absolute Gasteiger partial charge is 0.454 e. The van der Waals surface area contributed by atoms with E-state index in [0.29, 0.717) is 12.8 Å². The zero-order valence-corrected chi connectivity index (χ0v) is 14.8. The highest BCUT2D eigenvalue weighted by atomic mass is 16.7. The highest BCUT2D eigenvalue weighted by molar-refractivity contribution is 5.47. The molecule has 0 bridgehead atoms. The van der Waals surface area contributed by atoms with Crippen molar-refractivity contribution in [2.45, 2.75) is 49.6 Å². The molecular formula is C20H28N2O3. The first-order chi connectivity index (χ1) is 12.3. The van der Waals surface area contributed by atoms with E-state index >= 15 is 0 Å². The molecule has 3 aliphatic heterocycles. The predicted molar refractivity (Wildman–Crippen MR) is 95.3 cm³/mol. The van der Waals surface area contributed by atoms with Crippen molar-refractivity contribution >= 4 is 0 Å². The molecule has 1 aliphatic carbocycles. The standard InChI is InChI=1S/C20H28N2O3/c1-4-18-19(25-14-24-18)11-15(1)20(6-9-23-10-7-20)13-21-16-5-8-22(12-16)17-2-3-17/h1,4,11,16-17,21H,2-3,5-10,12-14H2/t16-/m1/s1. The highest BCUT2D eigenvalue weighted by Crippen LogP contribution is 2.40. The van der Waals surface area contributed by atoms with E-state index in [2.05, 4.69) is 28.4 Å². The molecule has 0 spiro atoms. The van der Waals surface area contributed by atoms with Gasteiger partial charge in [-0.2, -0.15) is 0 Å². The number of fused-ring (bicyclic) bond motifs is 1. The van der Waals surface area contributed by atoms with E-state index in [1.807, 2.05) is 0 Å². The lowest BCUT2D eigenvalue weighted by Gasteiger charge is -2.39. The Kier molecular flexibility index (Phi) is 4.11. The van der Waals surface area contributed by atoms with Gasteiger partial charge in [0.1, 0.15) is 0 Å². The summed E-state index contributed by atoms with van der Waals surface area (Å²) in [6, 6.07) is 8.01. The van der Waals surface area contributed by atoms with Gasteiger partial charge in [-0.25, -0.2) is 0 Å². The maximum absolute atomic E-state index is 5.68. The zero-order chi connectivity index (χ0) is 16.7. The Hall–Kier alpha value is -1.30. The van der Waals surface area contributed by atoms with Gasteiger partial charge in [-0.15, -0.1) is 0 Å². The number of nitrogens with one attached hydrogen (secondary N) is 1. The summed E-state index contributed by atoms with van der Waals surface area (Å²) in [4.78, 5) is 2.68. The first kappa shape index (κ1) is 15.9. The molecule has 1 N–H and O–H groups in total. The third kappa shape index (κ3) is 3.14. The number of rotatable bonds is 5. The van der Waals surface area contributed by atoms with Gasteiger partial charge >= 0.3 is 0 Å². The molecule has 25 heavy (non-hydrogen) atoms. The van der Waals surface area contributed by atoms with Crippen molar-refractivity contribution in [3.05, 3.63) is 23.8 Å². The molecular weight excluding hydrogens is 316 g/mol. The molecule has 0 aromatic heterocycles. The molecule has 4 aliphatic rings. The summed E-state index contributed by atoms with van der Waals surface area (Å²) in [6.45, 7) is 5.54. The fourth-order valence-electron chi connectivity index (χ4n) is 4.62. The third-order valence-electron chi connectivity index (χ3n) is 6.45. The van der Waals surface area contributed by atoms with Crippen molar-refractivity contribution < 1.29 is 14.2 Å². The van der Waals surface area contributed by atoms with Gasteiger partial charge in [0, 0.05) is 50.3 Å². The summed E-state index contributed by atoms with van der Waals surface area (Å²) in [6.07, 6.45) is 6.23. The highest BCUT2D eigenvalue weighted by Gasteiger charge is 2.38. The van der Waals surface area contributed by atoms with Gasteiger partial charge in [0.15, 0.2) is 11.5 Å². The smallest absolute Gasteiger partial charge is 0.231 e. The number of hydrogen-bond acceptors (Lipinski definition) is 5. The summed E-state index contributed by atoms with van der Waals surface area (Å²) < 4.78 is 16.8. The molecule has 1 atom stereocenters. The fourth-order valence-corrected chi connectivity index (χ4v) is 4.62. The fraction of sp³-hybridized carbons (Fsp3) is 0.700. The van der Waals surface area contributed by atoms with Crippen LogP contribution in [0.2, 0.25) is 0 Å². The topological polar surface area (TPSA) is 43.0 Å². The van der Waals surface area contributed by atoms with Crippen LogP contribution in [-0.2, 0) is 10.2 Å². The lowest BCUT2D eigenvalue weighted by Crippen LogP contribution is -2.46. The number of likely N-dealkylation sites (tertiary alicyclic amines) is 1. The quantitative estimate of drug-likeness (QED) is 0.888. The molecule has 3 heterocycles. The van der Waals surface area contributed by atoms with Gasteiger partial charge in [-0.1, -0.05) is 6.07 Å². The molecule has 0 unspecified atom stereocenters. The van der Waals surface area contributed by atoms with Crippen LogP contribution in [0.5, 0.6) is 11.5 Å². The van der Waals surface area contributed by atoms with Crippen molar-refractivity contribution in [3.8, 4) is 11.5 Å². The first-order valence-electron chi connectivity index (χ1n) is 9.78. The Morgan fingerprint density at radius 1 is 1.08 bits per heavy atom. The van der Waals surface area contributed by atoms with Crippen molar-refractivity contribution in [3.63, 3.8) is 0 Å². The molecule has 5 rings (SSSR count). The van der Waals surface area contributed by atoms with Crippen LogP contribution in [0.4, 0.5) is 0 Å². The third-order valence-corrected chi connectivity index (χ3v) is 6.45. The van der Waals surface area contributed by atoms with E-state index in [1.165, 1.54) is 37.9 Å². The van der Waals surface area contributed by atoms with Gasteiger partial charge in [-0.05, 0) is 49.8 Å². The SMILES string of the molecule is c1cc2c(cc1C1(CN[C@@H]3CCN(C4CC4)C3)CCOCC1)OCO2. The van der Waals surface area contributed by atoms with Crippen LogP contribution in [0.1, 0.15) is 37.7 Å². The van der Waals surface area contributed by atoms with Crippen LogP contribution in [0.15, 0.2) is 18.2 Å². The average Bonchev–Trinajstić information content (AvgIpc) is 3.21. The molecule has 0 radical (unpaired) electrons. The van der Waals surface area contributed by atoms with Crippen molar-refractivity contribution in [2.75, 3.05) is 39.6 Å². The summed E-state index contributed by atoms with van der Waals surface area (Å²) in [5, 5.41) is 3.90. The maximum atomic E-state index is 5.68. The Morgan fingerprint density at radius 2 is 1.92 bits per heavy atom. The first-order valence-corrected chi connectivity index (χ1v) is 9.78. The Bertz CT molecular complexity index is 625. The van der Waals surface area contributed by atoms with Crippen molar-refractivity contribution in [1.82, 2.24) is 10.2 Å². The molecule has 2 saturated heterocycles. The van der Waals surface area contributed by atoms with Gasteiger partial charge in [0.05, 0.1) is 0 Å². The Balaban J connectivity index is 1.31. The molecule has 0 amide bonds. The second-order valence-electron chi connectivity index (χ2n) is 8.05. The molecule has 1 aromatic rings. The molecule has 3 fully saturated rings. The zero-order valence-electron chi connectivity index (χ0n) is 14.8. The van der Waals surface area contributed by atoms with Crippen molar-refractivity contribution in [2.24, 2.45) is 0 Å². The predicted octanol–water partition coefficient (Wildman–Crippen LogP) is 2.29. The summed E-state index contributed by atoms with van der Waals surface area (Å²) >= 11 is 0. The Morgan fingerprint density at radius 3 is 2.76 bits per heavy atom. The van der Waals surface area contributed by atoms with E-state index < -0.39 is 0 Å². The van der Waals surface area contributed by atoms with Gasteiger partial charge in [0.2, 0.25) is 6.79 Å². The van der Waals surface area contributed by atoms with Crippen LogP contribution in [0.25, 0.3) is 0 Å². The average molecular weight is 344 g/mol.